The van der Waals surface area contributed by atoms with Crippen molar-refractivity contribution in [3.63, 3.8) is 0 Å². The molecule has 0 heterocycles. The molecule has 3 atom stereocenters. The molecule has 1 heteroatoms. The van der Waals surface area contributed by atoms with Crippen LogP contribution < -0.4 is 0 Å². The zero-order valence-electron chi connectivity index (χ0n) is 13.1. The van der Waals surface area contributed by atoms with Gasteiger partial charge >= 0.3 is 0 Å². The van der Waals surface area contributed by atoms with E-state index in [9.17, 15) is 5.11 Å². The molecular formula is C16H34O. The zero-order valence-corrected chi connectivity index (χ0v) is 13.1. The molecule has 0 fully saturated rings. The van der Waals surface area contributed by atoms with Crippen LogP contribution >= 0.6 is 0 Å². The number of aliphatic hydroxyl groups is 1. The first-order chi connectivity index (χ1) is 7.68. The summed E-state index contributed by atoms with van der Waals surface area (Å²) in [6.07, 6.45) is 2.05. The minimum Gasteiger partial charge on any atom is -0.390 e. The molecule has 0 aliphatic heterocycles. The van der Waals surface area contributed by atoms with Crippen LogP contribution in [-0.2, 0) is 0 Å². The van der Waals surface area contributed by atoms with Crippen molar-refractivity contribution in [3.8, 4) is 0 Å². The average molecular weight is 242 g/mol. The summed E-state index contributed by atoms with van der Waals surface area (Å²) in [5.74, 6) is 2.53. The molecule has 3 unspecified atom stereocenters. The smallest absolute Gasteiger partial charge is 0.0642 e. The van der Waals surface area contributed by atoms with Crippen molar-refractivity contribution >= 4 is 0 Å². The van der Waals surface area contributed by atoms with Gasteiger partial charge in [-0.3, -0.25) is 0 Å². The molecule has 0 aromatic rings. The van der Waals surface area contributed by atoms with Gasteiger partial charge in [0.25, 0.3) is 0 Å². The van der Waals surface area contributed by atoms with Crippen LogP contribution in [0.1, 0.15) is 61.3 Å². The highest BCUT2D eigenvalue weighted by atomic mass is 16.3. The lowest BCUT2D eigenvalue weighted by Crippen LogP contribution is -2.32. The highest BCUT2D eigenvalue weighted by Gasteiger charge is 2.26. The first-order valence-electron chi connectivity index (χ1n) is 6.90. The average Bonchev–Trinajstić information content (AvgIpc) is 2.27. The molecule has 0 aliphatic rings. The van der Waals surface area contributed by atoms with Crippen molar-refractivity contribution in [2.45, 2.75) is 66.9 Å². The van der Waals surface area contributed by atoms with Crippen LogP contribution in [0.25, 0.3) is 0 Å². The molecule has 0 radical (unpaired) electrons. The minimum atomic E-state index is -0.495. The summed E-state index contributed by atoms with van der Waals surface area (Å²) in [5, 5.41) is 10.2. The number of rotatable bonds is 6. The predicted molar refractivity (Wildman–Crippen MR) is 79.1 cm³/mol. The SMILES string of the molecule is C=C.CC(C)C(C)C(C)CCC(C)(O)C(C)C. The Morgan fingerprint density at radius 3 is 1.71 bits per heavy atom. The maximum atomic E-state index is 10.2. The Kier molecular flexibility index (Phi) is 9.80. The van der Waals surface area contributed by atoms with Gasteiger partial charge in [-0.2, -0.15) is 0 Å². The van der Waals surface area contributed by atoms with Gasteiger partial charge in [-0.15, -0.1) is 13.2 Å². The molecule has 1 nitrogen and oxygen atoms in total. The molecule has 0 rings (SSSR count). The zero-order chi connectivity index (χ0) is 14.2. The molecule has 0 amide bonds. The van der Waals surface area contributed by atoms with E-state index in [4.69, 9.17) is 0 Å². The standard InChI is InChI=1S/C14H30O.C2H4/c1-10(2)13(6)12(5)8-9-14(7,15)11(3)4;1-2/h10-13,15H,8-9H2,1-7H3;1-2H2. The Morgan fingerprint density at radius 1 is 1.00 bits per heavy atom. The van der Waals surface area contributed by atoms with Crippen molar-refractivity contribution in [1.82, 2.24) is 0 Å². The molecule has 0 aliphatic carbocycles. The monoisotopic (exact) mass is 242 g/mol. The fraction of sp³-hybridized carbons (Fsp3) is 0.875. The van der Waals surface area contributed by atoms with E-state index in [1.165, 1.54) is 0 Å². The van der Waals surface area contributed by atoms with Crippen LogP contribution in [0.5, 0.6) is 0 Å². The van der Waals surface area contributed by atoms with E-state index in [0.717, 1.165) is 24.7 Å². The molecule has 0 saturated carbocycles. The Morgan fingerprint density at radius 2 is 1.41 bits per heavy atom. The summed E-state index contributed by atoms with van der Waals surface area (Å²) in [6.45, 7) is 21.3. The second-order valence-corrected chi connectivity index (χ2v) is 6.13. The Hall–Kier alpha value is -0.300. The number of hydrogen-bond acceptors (Lipinski definition) is 1. The van der Waals surface area contributed by atoms with Crippen molar-refractivity contribution in [2.24, 2.45) is 23.7 Å². The molecule has 0 spiro atoms. The van der Waals surface area contributed by atoms with Gasteiger partial charge in [0.15, 0.2) is 0 Å². The van der Waals surface area contributed by atoms with E-state index in [1.54, 1.807) is 0 Å². The normalized spacial score (nSPS) is 18.2. The van der Waals surface area contributed by atoms with E-state index in [0.29, 0.717) is 11.8 Å². The molecule has 104 valence electrons. The fourth-order valence-electron chi connectivity index (χ4n) is 1.73. The van der Waals surface area contributed by atoms with Crippen LogP contribution in [0.2, 0.25) is 0 Å². The second kappa shape index (κ2) is 8.74. The van der Waals surface area contributed by atoms with Gasteiger partial charge in [-0.25, -0.2) is 0 Å². The largest absolute Gasteiger partial charge is 0.390 e. The molecule has 0 bridgehead atoms. The summed E-state index contributed by atoms with van der Waals surface area (Å²) in [5.41, 5.74) is -0.495. The second-order valence-electron chi connectivity index (χ2n) is 6.13. The van der Waals surface area contributed by atoms with Gasteiger partial charge in [-0.05, 0) is 43.4 Å². The summed E-state index contributed by atoms with van der Waals surface area (Å²) in [6, 6.07) is 0. The van der Waals surface area contributed by atoms with E-state index in [2.05, 4.69) is 54.7 Å². The summed E-state index contributed by atoms with van der Waals surface area (Å²) in [4.78, 5) is 0. The minimum absolute atomic E-state index is 0.346. The van der Waals surface area contributed by atoms with Gasteiger partial charge in [0.2, 0.25) is 0 Å². The molecule has 1 N–H and O–H groups in total. The van der Waals surface area contributed by atoms with Gasteiger partial charge in [0.1, 0.15) is 0 Å². The van der Waals surface area contributed by atoms with Gasteiger partial charge in [0, 0.05) is 0 Å². The van der Waals surface area contributed by atoms with Crippen LogP contribution in [0, 0.1) is 23.7 Å². The topological polar surface area (TPSA) is 20.2 Å². The first-order valence-corrected chi connectivity index (χ1v) is 6.90. The Bertz CT molecular complexity index is 182. The molecule has 0 aromatic carbocycles. The summed E-state index contributed by atoms with van der Waals surface area (Å²) < 4.78 is 0. The van der Waals surface area contributed by atoms with Gasteiger partial charge < -0.3 is 5.11 Å². The third-order valence-corrected chi connectivity index (χ3v) is 4.30. The van der Waals surface area contributed by atoms with Crippen molar-refractivity contribution in [2.75, 3.05) is 0 Å². The van der Waals surface area contributed by atoms with E-state index in [1.807, 2.05) is 6.92 Å². The maximum Gasteiger partial charge on any atom is 0.0642 e. The Labute approximate surface area is 109 Å². The van der Waals surface area contributed by atoms with Crippen molar-refractivity contribution in [1.29, 1.82) is 0 Å². The van der Waals surface area contributed by atoms with E-state index in [-0.39, 0.29) is 0 Å². The van der Waals surface area contributed by atoms with Gasteiger partial charge in [0.05, 0.1) is 5.60 Å². The third-order valence-electron chi connectivity index (χ3n) is 4.30. The van der Waals surface area contributed by atoms with E-state index < -0.39 is 5.60 Å². The summed E-state index contributed by atoms with van der Waals surface area (Å²) in [7, 11) is 0. The van der Waals surface area contributed by atoms with Crippen LogP contribution in [-0.4, -0.2) is 10.7 Å². The molecular weight excluding hydrogens is 208 g/mol. The van der Waals surface area contributed by atoms with E-state index >= 15 is 0 Å². The Balaban J connectivity index is 0. The molecule has 0 aromatic heterocycles. The van der Waals surface area contributed by atoms with Crippen LogP contribution in [0.4, 0.5) is 0 Å². The third kappa shape index (κ3) is 7.59. The van der Waals surface area contributed by atoms with Crippen LogP contribution in [0.15, 0.2) is 13.2 Å². The lowest BCUT2D eigenvalue weighted by Gasteiger charge is -2.31. The highest BCUT2D eigenvalue weighted by Crippen LogP contribution is 2.29. The lowest BCUT2D eigenvalue weighted by atomic mass is 9.79. The molecule has 0 saturated heterocycles. The highest BCUT2D eigenvalue weighted by molar-refractivity contribution is 4.78. The lowest BCUT2D eigenvalue weighted by molar-refractivity contribution is -0.00221. The molecule has 17 heavy (non-hydrogen) atoms. The number of hydrogen-bond donors (Lipinski definition) is 1. The van der Waals surface area contributed by atoms with Crippen molar-refractivity contribution < 1.29 is 5.11 Å². The quantitative estimate of drug-likeness (QED) is 0.657. The van der Waals surface area contributed by atoms with Gasteiger partial charge in [-0.1, -0.05) is 41.5 Å². The summed E-state index contributed by atoms with van der Waals surface area (Å²) >= 11 is 0. The predicted octanol–water partition coefficient (Wildman–Crippen LogP) is 4.90. The first kappa shape index (κ1) is 19.0. The maximum absolute atomic E-state index is 10.2. The van der Waals surface area contributed by atoms with Crippen LogP contribution in [0.3, 0.4) is 0 Å². The fourth-order valence-corrected chi connectivity index (χ4v) is 1.73. The van der Waals surface area contributed by atoms with Crippen molar-refractivity contribution in [3.05, 3.63) is 13.2 Å².